The monoisotopic (exact) mass is 440 g/mol. The van der Waals surface area contributed by atoms with E-state index in [1.807, 2.05) is 0 Å². The lowest BCUT2D eigenvalue weighted by molar-refractivity contribution is 0.619. The van der Waals surface area contributed by atoms with Crippen molar-refractivity contribution in [1.82, 2.24) is 0 Å². The Labute approximate surface area is 144 Å². The molecule has 2 aromatic carbocycles. The number of thiol groups is 1. The Morgan fingerprint density at radius 2 is 1.55 bits per heavy atom. The van der Waals surface area contributed by atoms with Crippen LogP contribution in [0.1, 0.15) is 6.92 Å². The summed E-state index contributed by atoms with van der Waals surface area (Å²) in [5.41, 5.74) is 0. The first-order chi connectivity index (χ1) is 9.43. The molecule has 0 radical (unpaired) electrons. The van der Waals surface area contributed by atoms with Gasteiger partial charge in [0, 0.05) is 9.79 Å². The second-order valence-corrected chi connectivity index (χ2v) is 7.17. The highest BCUT2D eigenvalue weighted by atomic mass is 79.9. The van der Waals surface area contributed by atoms with Gasteiger partial charge in [-0.15, -0.1) is 24.4 Å². The lowest BCUT2D eigenvalue weighted by Gasteiger charge is -1.98. The Morgan fingerprint density at radius 1 is 1.00 bits per heavy atom. The molecule has 108 valence electrons. The Bertz CT molecular complexity index is 577. The molecule has 0 aliphatic rings. The summed E-state index contributed by atoms with van der Waals surface area (Å²) in [5, 5.41) is 0. The van der Waals surface area contributed by atoms with Gasteiger partial charge in [-0.3, -0.25) is 0 Å². The van der Waals surface area contributed by atoms with E-state index in [-0.39, 0.29) is 11.6 Å². The fourth-order valence-electron chi connectivity index (χ4n) is 1.22. The van der Waals surface area contributed by atoms with E-state index in [1.165, 1.54) is 12.1 Å². The normalized spacial score (nSPS) is 9.90. The summed E-state index contributed by atoms with van der Waals surface area (Å²) in [6, 6.07) is 9.63. The molecule has 20 heavy (non-hydrogen) atoms. The molecule has 0 aliphatic heterocycles. The van der Waals surface area contributed by atoms with Crippen molar-refractivity contribution in [3.05, 3.63) is 57.0 Å². The van der Waals surface area contributed by atoms with Crippen LogP contribution in [-0.4, -0.2) is 5.75 Å². The van der Waals surface area contributed by atoms with E-state index < -0.39 is 0 Å². The predicted octanol–water partition coefficient (Wildman–Crippen LogP) is 6.58. The highest BCUT2D eigenvalue weighted by molar-refractivity contribution is 9.10. The molecule has 0 N–H and O–H groups in total. The minimum Gasteiger partial charge on any atom is -0.206 e. The molecular formula is C14H12Br2F2S2. The third-order valence-corrected chi connectivity index (χ3v) is 4.47. The standard InChI is InChI=1S/C8H8BrFS.C6H4BrFS/c1-2-11-6-3-4-8(10)7(9)5-6;7-5-3-4(9)1-2-6(5)8/h3-5H,2H2,1H3;1-3,9H. The first kappa shape index (κ1) is 18.0. The molecule has 6 heteroatoms. The molecule has 0 saturated carbocycles. The van der Waals surface area contributed by atoms with Gasteiger partial charge in [0.05, 0.1) is 8.95 Å². The number of rotatable bonds is 2. The van der Waals surface area contributed by atoms with Crippen molar-refractivity contribution in [3.63, 3.8) is 0 Å². The second kappa shape index (κ2) is 9.07. The van der Waals surface area contributed by atoms with Gasteiger partial charge in [0.25, 0.3) is 0 Å². The van der Waals surface area contributed by atoms with E-state index in [9.17, 15) is 8.78 Å². The van der Waals surface area contributed by atoms with Crippen LogP contribution >= 0.6 is 56.3 Å². The van der Waals surface area contributed by atoms with Gasteiger partial charge >= 0.3 is 0 Å². The van der Waals surface area contributed by atoms with Gasteiger partial charge in [-0.2, -0.15) is 0 Å². The summed E-state index contributed by atoms with van der Waals surface area (Å²) in [6.07, 6.45) is 0. The fraction of sp³-hybridized carbons (Fsp3) is 0.143. The molecular weight excluding hydrogens is 430 g/mol. The maximum absolute atomic E-state index is 12.7. The molecule has 2 rings (SSSR count). The van der Waals surface area contributed by atoms with Crippen LogP contribution in [0.25, 0.3) is 0 Å². The van der Waals surface area contributed by atoms with Crippen LogP contribution in [0.15, 0.2) is 55.1 Å². The molecule has 0 unspecified atom stereocenters. The number of halogens is 4. The van der Waals surface area contributed by atoms with Gasteiger partial charge in [-0.25, -0.2) is 8.78 Å². The molecule has 0 atom stereocenters. The molecule has 0 nitrogen and oxygen atoms in total. The summed E-state index contributed by atoms with van der Waals surface area (Å²) in [4.78, 5) is 1.85. The van der Waals surface area contributed by atoms with E-state index in [0.717, 1.165) is 15.5 Å². The Kier molecular flexibility index (Phi) is 8.17. The average Bonchev–Trinajstić information content (AvgIpc) is 2.40. The zero-order valence-corrected chi connectivity index (χ0v) is 15.4. The summed E-state index contributed by atoms with van der Waals surface area (Å²) < 4.78 is 26.1. The highest BCUT2D eigenvalue weighted by Gasteiger charge is 1.99. The Morgan fingerprint density at radius 3 is 2.00 bits per heavy atom. The maximum Gasteiger partial charge on any atom is 0.137 e. The molecule has 0 aromatic heterocycles. The van der Waals surface area contributed by atoms with Crippen molar-refractivity contribution in [2.24, 2.45) is 0 Å². The van der Waals surface area contributed by atoms with Crippen molar-refractivity contribution in [3.8, 4) is 0 Å². The van der Waals surface area contributed by atoms with Gasteiger partial charge in [-0.05, 0) is 74.0 Å². The first-order valence-corrected chi connectivity index (χ1v) is 8.67. The molecule has 0 aliphatic carbocycles. The molecule has 0 bridgehead atoms. The van der Waals surface area contributed by atoms with Crippen LogP contribution in [0, 0.1) is 11.6 Å². The van der Waals surface area contributed by atoms with Gasteiger partial charge < -0.3 is 0 Å². The Hall–Kier alpha value is -0.0400. The minimum atomic E-state index is -0.257. The topological polar surface area (TPSA) is 0 Å². The van der Waals surface area contributed by atoms with Gasteiger partial charge in [0.15, 0.2) is 0 Å². The number of hydrogen-bond donors (Lipinski definition) is 1. The minimum absolute atomic E-state index is 0.203. The van der Waals surface area contributed by atoms with Gasteiger partial charge in [-0.1, -0.05) is 6.92 Å². The van der Waals surface area contributed by atoms with E-state index in [0.29, 0.717) is 8.95 Å². The van der Waals surface area contributed by atoms with Crippen molar-refractivity contribution < 1.29 is 8.78 Å². The number of benzene rings is 2. The average molecular weight is 442 g/mol. The SMILES string of the molecule is CCSc1ccc(F)c(Br)c1.Fc1ccc(S)cc1Br. The van der Waals surface area contributed by atoms with Crippen LogP contribution in [0.3, 0.4) is 0 Å². The van der Waals surface area contributed by atoms with Crippen molar-refractivity contribution >= 4 is 56.3 Å². The van der Waals surface area contributed by atoms with Crippen LogP contribution in [0.4, 0.5) is 8.78 Å². The predicted molar refractivity (Wildman–Crippen MR) is 91.9 cm³/mol. The van der Waals surface area contributed by atoms with E-state index in [2.05, 4.69) is 51.4 Å². The third-order valence-electron chi connectivity index (χ3n) is 2.11. The third kappa shape index (κ3) is 6.16. The largest absolute Gasteiger partial charge is 0.206 e. The summed E-state index contributed by atoms with van der Waals surface area (Å²) >= 11 is 11.9. The van der Waals surface area contributed by atoms with E-state index in [4.69, 9.17) is 0 Å². The Balaban J connectivity index is 0.000000204. The first-order valence-electron chi connectivity index (χ1n) is 5.66. The molecule has 0 fully saturated rings. The number of thioether (sulfide) groups is 1. The van der Waals surface area contributed by atoms with Crippen LogP contribution in [0.2, 0.25) is 0 Å². The van der Waals surface area contributed by atoms with Crippen molar-refractivity contribution in [1.29, 1.82) is 0 Å². The molecule has 0 saturated heterocycles. The molecule has 0 heterocycles. The zero-order chi connectivity index (χ0) is 15.1. The highest BCUT2D eigenvalue weighted by Crippen LogP contribution is 2.23. The van der Waals surface area contributed by atoms with Crippen LogP contribution < -0.4 is 0 Å². The van der Waals surface area contributed by atoms with Crippen molar-refractivity contribution in [2.75, 3.05) is 5.75 Å². The van der Waals surface area contributed by atoms with E-state index >= 15 is 0 Å². The lowest BCUT2D eigenvalue weighted by Crippen LogP contribution is -1.78. The maximum atomic E-state index is 12.7. The summed E-state index contributed by atoms with van der Waals surface area (Å²) in [7, 11) is 0. The molecule has 0 amide bonds. The van der Waals surface area contributed by atoms with Crippen LogP contribution in [0.5, 0.6) is 0 Å². The van der Waals surface area contributed by atoms with Gasteiger partial charge in [0.1, 0.15) is 11.6 Å². The number of hydrogen-bond acceptors (Lipinski definition) is 2. The van der Waals surface area contributed by atoms with E-state index in [1.54, 1.807) is 36.0 Å². The van der Waals surface area contributed by atoms with Gasteiger partial charge in [0.2, 0.25) is 0 Å². The molecule has 2 aromatic rings. The van der Waals surface area contributed by atoms with Crippen molar-refractivity contribution in [2.45, 2.75) is 16.7 Å². The zero-order valence-electron chi connectivity index (χ0n) is 10.5. The summed E-state index contributed by atoms with van der Waals surface area (Å²) in [6.45, 7) is 2.07. The second-order valence-electron chi connectivity index (χ2n) is 3.61. The molecule has 0 spiro atoms. The fourth-order valence-corrected chi connectivity index (χ4v) is 3.21. The smallest absolute Gasteiger partial charge is 0.137 e. The van der Waals surface area contributed by atoms with Crippen LogP contribution in [-0.2, 0) is 0 Å². The summed E-state index contributed by atoms with van der Waals surface area (Å²) in [5.74, 6) is 0.552. The lowest BCUT2D eigenvalue weighted by atomic mass is 10.3. The quantitative estimate of drug-likeness (QED) is 0.405.